The van der Waals surface area contributed by atoms with Gasteiger partial charge in [0, 0.05) is 6.54 Å². The number of rotatable bonds is 3. The van der Waals surface area contributed by atoms with Crippen molar-refractivity contribution in [3.8, 4) is 0 Å². The first-order valence-corrected chi connectivity index (χ1v) is 7.19. The van der Waals surface area contributed by atoms with Crippen LogP contribution in [0.25, 0.3) is 6.08 Å². The van der Waals surface area contributed by atoms with Gasteiger partial charge in [0.2, 0.25) is 0 Å². The highest BCUT2D eigenvalue weighted by Gasteiger charge is 2.16. The lowest BCUT2D eigenvalue weighted by Gasteiger charge is -2.24. The fourth-order valence-electron chi connectivity index (χ4n) is 2.95. The maximum absolute atomic E-state index is 5.97. The molecular formula is C17H25N. The number of hydrogen-bond donors (Lipinski definition) is 1. The van der Waals surface area contributed by atoms with Crippen molar-refractivity contribution in [1.82, 2.24) is 0 Å². The maximum atomic E-state index is 5.97. The van der Waals surface area contributed by atoms with Crippen molar-refractivity contribution in [2.75, 3.05) is 6.54 Å². The Labute approximate surface area is 111 Å². The zero-order chi connectivity index (χ0) is 13.0. The molecule has 0 unspecified atom stereocenters. The molecule has 18 heavy (non-hydrogen) atoms. The van der Waals surface area contributed by atoms with Crippen LogP contribution in [0.4, 0.5) is 0 Å². The number of hydrogen-bond acceptors (Lipinski definition) is 1. The summed E-state index contributed by atoms with van der Waals surface area (Å²) in [5.41, 5.74) is 11.5. The zero-order valence-electron chi connectivity index (χ0n) is 11.7. The third kappa shape index (κ3) is 3.02. The fraction of sp³-hybridized carbons (Fsp3) is 0.529. The molecule has 1 saturated carbocycles. The van der Waals surface area contributed by atoms with E-state index in [4.69, 9.17) is 5.73 Å². The van der Waals surface area contributed by atoms with E-state index in [1.807, 2.05) is 0 Å². The van der Waals surface area contributed by atoms with Gasteiger partial charge >= 0.3 is 0 Å². The molecule has 0 aromatic heterocycles. The minimum atomic E-state index is 0.706. The third-order valence-corrected chi connectivity index (χ3v) is 4.35. The van der Waals surface area contributed by atoms with Crippen molar-refractivity contribution in [1.29, 1.82) is 0 Å². The van der Waals surface area contributed by atoms with E-state index in [1.165, 1.54) is 54.4 Å². The fourth-order valence-corrected chi connectivity index (χ4v) is 2.95. The van der Waals surface area contributed by atoms with Gasteiger partial charge in [0.25, 0.3) is 0 Å². The average molecular weight is 243 g/mol. The highest BCUT2D eigenvalue weighted by atomic mass is 14.5. The second-order valence-corrected chi connectivity index (χ2v) is 5.55. The summed E-state index contributed by atoms with van der Waals surface area (Å²) in [6, 6.07) is 6.53. The van der Waals surface area contributed by atoms with E-state index in [2.05, 4.69) is 38.1 Å². The second-order valence-electron chi connectivity index (χ2n) is 5.55. The topological polar surface area (TPSA) is 26.0 Å². The molecular weight excluding hydrogens is 218 g/mol. The predicted molar refractivity (Wildman–Crippen MR) is 79.5 cm³/mol. The Bertz CT molecular complexity index is 425. The molecule has 0 saturated heterocycles. The molecule has 0 radical (unpaired) electrons. The normalized spacial score (nSPS) is 18.1. The quantitative estimate of drug-likeness (QED) is 0.845. The van der Waals surface area contributed by atoms with Gasteiger partial charge in [-0.15, -0.1) is 0 Å². The van der Waals surface area contributed by atoms with E-state index in [9.17, 15) is 0 Å². The van der Waals surface area contributed by atoms with E-state index in [-0.39, 0.29) is 0 Å². The van der Waals surface area contributed by atoms with Gasteiger partial charge in [0.15, 0.2) is 0 Å². The number of nitrogens with two attached hydrogens (primary N) is 1. The molecule has 0 bridgehead atoms. The highest BCUT2D eigenvalue weighted by molar-refractivity contribution is 5.58. The van der Waals surface area contributed by atoms with E-state index < -0.39 is 0 Å². The molecule has 0 heterocycles. The summed E-state index contributed by atoms with van der Waals surface area (Å²) in [5, 5.41) is 0. The summed E-state index contributed by atoms with van der Waals surface area (Å²) in [6.07, 6.45) is 9.14. The minimum Gasteiger partial charge on any atom is -0.327 e. The maximum Gasteiger partial charge on any atom is 0.0142 e. The Morgan fingerprint density at radius 3 is 2.61 bits per heavy atom. The van der Waals surface area contributed by atoms with Crippen molar-refractivity contribution in [3.05, 3.63) is 40.5 Å². The van der Waals surface area contributed by atoms with Gasteiger partial charge in [-0.2, -0.15) is 0 Å². The summed E-state index contributed by atoms with van der Waals surface area (Å²) < 4.78 is 0. The van der Waals surface area contributed by atoms with Crippen LogP contribution in [-0.4, -0.2) is 6.54 Å². The molecule has 1 heteroatoms. The van der Waals surface area contributed by atoms with Crippen LogP contribution in [0.3, 0.4) is 0 Å². The number of aryl methyl sites for hydroxylation is 1. The largest absolute Gasteiger partial charge is 0.327 e. The van der Waals surface area contributed by atoms with Gasteiger partial charge in [-0.1, -0.05) is 49.1 Å². The molecule has 0 atom stereocenters. The lowest BCUT2D eigenvalue weighted by molar-refractivity contribution is 0.401. The first kappa shape index (κ1) is 13.4. The van der Waals surface area contributed by atoms with Gasteiger partial charge < -0.3 is 5.73 Å². The van der Waals surface area contributed by atoms with Crippen molar-refractivity contribution in [3.63, 3.8) is 0 Å². The van der Waals surface area contributed by atoms with E-state index in [0.29, 0.717) is 6.54 Å². The Balaban J connectivity index is 2.25. The lowest BCUT2D eigenvalue weighted by Crippen LogP contribution is -2.16. The van der Waals surface area contributed by atoms with Crippen LogP contribution in [0.5, 0.6) is 0 Å². The van der Waals surface area contributed by atoms with Crippen molar-refractivity contribution < 1.29 is 0 Å². The van der Waals surface area contributed by atoms with E-state index in [1.54, 1.807) is 0 Å². The van der Waals surface area contributed by atoms with Gasteiger partial charge in [-0.3, -0.25) is 0 Å². The third-order valence-electron chi connectivity index (χ3n) is 4.35. The van der Waals surface area contributed by atoms with Crippen LogP contribution >= 0.6 is 0 Å². The summed E-state index contributed by atoms with van der Waals surface area (Å²) in [5.74, 6) is 0.726. The highest BCUT2D eigenvalue weighted by Crippen LogP contribution is 2.30. The Hall–Kier alpha value is -1.08. The number of benzene rings is 1. The summed E-state index contributed by atoms with van der Waals surface area (Å²) in [7, 11) is 0. The molecule has 1 nitrogen and oxygen atoms in total. The van der Waals surface area contributed by atoms with Crippen LogP contribution in [0.15, 0.2) is 23.8 Å². The van der Waals surface area contributed by atoms with Crippen LogP contribution in [0, 0.1) is 19.8 Å². The van der Waals surface area contributed by atoms with Crippen molar-refractivity contribution in [2.24, 2.45) is 11.7 Å². The summed E-state index contributed by atoms with van der Waals surface area (Å²) in [4.78, 5) is 0. The summed E-state index contributed by atoms with van der Waals surface area (Å²) in [6.45, 7) is 5.09. The van der Waals surface area contributed by atoms with Gasteiger partial charge in [0.1, 0.15) is 0 Å². The molecule has 0 amide bonds. The molecule has 1 aliphatic rings. The van der Waals surface area contributed by atoms with Gasteiger partial charge in [0.05, 0.1) is 0 Å². The minimum absolute atomic E-state index is 0.706. The standard InChI is InChI=1S/C17H25N/c1-13-7-6-10-16(14(13)2)11-17(12-18)15-8-4-3-5-9-15/h6-7,10-11,15H,3-5,8-9,12,18H2,1-2H3. The molecule has 1 aromatic rings. The van der Waals surface area contributed by atoms with Gasteiger partial charge in [-0.25, -0.2) is 0 Å². The SMILES string of the molecule is Cc1cccc(C=C(CN)C2CCCCC2)c1C. The van der Waals surface area contributed by atoms with E-state index in [0.717, 1.165) is 5.92 Å². The monoisotopic (exact) mass is 243 g/mol. The Morgan fingerprint density at radius 1 is 1.22 bits per heavy atom. The molecule has 1 aromatic carbocycles. The van der Waals surface area contributed by atoms with Crippen LogP contribution < -0.4 is 5.73 Å². The molecule has 1 fully saturated rings. The van der Waals surface area contributed by atoms with Crippen LogP contribution in [0.2, 0.25) is 0 Å². The molecule has 0 spiro atoms. The molecule has 98 valence electrons. The predicted octanol–water partition coefficient (Wildman–Crippen LogP) is 4.23. The first-order valence-electron chi connectivity index (χ1n) is 7.19. The second kappa shape index (κ2) is 6.19. The van der Waals surface area contributed by atoms with Crippen molar-refractivity contribution >= 4 is 6.08 Å². The molecule has 0 aliphatic heterocycles. The Morgan fingerprint density at radius 2 is 1.94 bits per heavy atom. The molecule has 1 aliphatic carbocycles. The van der Waals surface area contributed by atoms with E-state index >= 15 is 0 Å². The molecule has 2 rings (SSSR count). The molecule has 2 N–H and O–H groups in total. The Kier molecular flexibility index (Phi) is 4.60. The van der Waals surface area contributed by atoms with Crippen LogP contribution in [-0.2, 0) is 0 Å². The lowest BCUT2D eigenvalue weighted by atomic mass is 9.82. The van der Waals surface area contributed by atoms with Gasteiger partial charge in [-0.05, 0) is 49.3 Å². The van der Waals surface area contributed by atoms with Crippen LogP contribution in [0.1, 0.15) is 48.8 Å². The van der Waals surface area contributed by atoms with Crippen molar-refractivity contribution in [2.45, 2.75) is 46.0 Å². The first-order chi connectivity index (χ1) is 8.72. The smallest absolute Gasteiger partial charge is 0.0142 e. The summed E-state index contributed by atoms with van der Waals surface area (Å²) >= 11 is 0. The average Bonchev–Trinajstić information content (AvgIpc) is 2.41. The zero-order valence-corrected chi connectivity index (χ0v) is 11.7.